The first-order valence-electron chi connectivity index (χ1n) is 15.8. The summed E-state index contributed by atoms with van der Waals surface area (Å²) in [5.74, 6) is 0. The molecule has 208 valence electrons. The molecule has 0 nitrogen and oxygen atoms in total. The first kappa shape index (κ1) is 28.8. The Balaban J connectivity index is 1.75. The van der Waals surface area contributed by atoms with Crippen LogP contribution in [0, 0.1) is 0 Å². The summed E-state index contributed by atoms with van der Waals surface area (Å²) in [6, 6.07) is 26.9. The average Bonchev–Trinajstić information content (AvgIpc) is 3.50. The molecular weight excluding hydrogens is 714 g/mol. The summed E-state index contributed by atoms with van der Waals surface area (Å²) in [6.45, 7) is 7.04. The first-order valence-corrected chi connectivity index (χ1v) is 35.6. The van der Waals surface area contributed by atoms with E-state index in [2.05, 4.69) is 97.4 Å². The van der Waals surface area contributed by atoms with Crippen molar-refractivity contribution in [2.45, 2.75) is 101 Å². The van der Waals surface area contributed by atoms with E-state index in [9.17, 15) is 0 Å². The summed E-state index contributed by atoms with van der Waals surface area (Å²) in [4.78, 5) is 0. The van der Waals surface area contributed by atoms with Crippen LogP contribution in [0.3, 0.4) is 0 Å². The van der Waals surface area contributed by atoms with E-state index < -0.39 is 31.8 Å². The minimum atomic E-state index is -5.25. The maximum absolute atomic E-state index is 9.01. The summed E-state index contributed by atoms with van der Waals surface area (Å²) < 4.78 is 2.27. The van der Waals surface area contributed by atoms with Gasteiger partial charge in [-0.25, -0.2) is 0 Å². The second kappa shape index (κ2) is 10.1. The SMILES string of the molecule is C[CH]=[Hf]([Cl])([Cl])([C]1([Si]2(CCCC)CCC2)C=Cc2ccccc21)[C]1([Si]2(CCCC)CCC2)C=Cc2ccccc21. The van der Waals surface area contributed by atoms with Crippen molar-refractivity contribution in [3.05, 3.63) is 82.9 Å². The quantitative estimate of drug-likeness (QED) is 0.212. The summed E-state index contributed by atoms with van der Waals surface area (Å²) in [7, 11) is 14.2. The number of unbranched alkanes of at least 4 members (excludes halogenated alkanes) is 2. The van der Waals surface area contributed by atoms with Gasteiger partial charge in [0.15, 0.2) is 0 Å². The van der Waals surface area contributed by atoms with Crippen LogP contribution >= 0.6 is 17.2 Å². The molecule has 2 atom stereocenters. The van der Waals surface area contributed by atoms with Gasteiger partial charge in [-0.2, -0.15) is 0 Å². The number of allylic oxidation sites excluding steroid dienone is 2. The van der Waals surface area contributed by atoms with Gasteiger partial charge in [0.1, 0.15) is 0 Å². The maximum atomic E-state index is 9.01. The van der Waals surface area contributed by atoms with Crippen molar-refractivity contribution >= 4 is 49.2 Å². The van der Waals surface area contributed by atoms with Gasteiger partial charge in [-0.15, -0.1) is 0 Å². The zero-order valence-electron chi connectivity index (χ0n) is 24.2. The Morgan fingerprint density at radius 3 is 1.46 bits per heavy atom. The van der Waals surface area contributed by atoms with Crippen LogP contribution in [0.5, 0.6) is 0 Å². The van der Waals surface area contributed by atoms with Gasteiger partial charge in [-0.3, -0.25) is 0 Å². The standard InChI is InChI=1S/2C16H21Si.C2H4.2ClH.Hf/c2*1-2-3-11-17(12-6-13-17)16-10-9-14-7-4-5-8-15(14)16;1-2;;;/h2*4-5,7-10H,2-3,6,11-13H2,1H3;1H,2H3;2*1H;/q;;;;;+2/p-2. The molecule has 2 fully saturated rings. The van der Waals surface area contributed by atoms with Crippen molar-refractivity contribution in [3.8, 4) is 0 Å². The molecule has 2 aromatic carbocycles. The van der Waals surface area contributed by atoms with Crippen LogP contribution in [0.1, 0.15) is 81.5 Å². The van der Waals surface area contributed by atoms with E-state index in [1.165, 1.54) is 97.0 Å². The monoisotopic (exact) mass is 760 g/mol. The molecule has 2 heterocycles. The summed E-state index contributed by atoms with van der Waals surface area (Å²) in [5, 5.41) is 0. The van der Waals surface area contributed by atoms with Gasteiger partial charge in [-0.1, -0.05) is 0 Å². The molecule has 4 aliphatic rings. The fourth-order valence-electron chi connectivity index (χ4n) is 10.00. The van der Waals surface area contributed by atoms with Gasteiger partial charge in [-0.05, 0) is 0 Å². The molecule has 0 amide bonds. The van der Waals surface area contributed by atoms with Crippen molar-refractivity contribution in [2.75, 3.05) is 0 Å². The summed E-state index contributed by atoms with van der Waals surface area (Å²) >= 11 is -5.25. The van der Waals surface area contributed by atoms with Crippen molar-refractivity contribution in [3.63, 3.8) is 0 Å². The molecular formula is C34H46Cl2HfSi2. The van der Waals surface area contributed by atoms with Crippen LogP contribution in [-0.2, 0) is 21.2 Å². The number of rotatable bonds is 10. The van der Waals surface area contributed by atoms with E-state index in [1.54, 1.807) is 0 Å². The number of fused-ring (bicyclic) bond motifs is 2. The molecule has 0 saturated carbocycles. The Bertz CT molecular complexity index is 1300. The number of halogens is 2. The molecule has 0 bridgehead atoms. The third kappa shape index (κ3) is 3.46. The van der Waals surface area contributed by atoms with Crippen molar-refractivity contribution < 1.29 is 15.7 Å². The predicted octanol–water partition coefficient (Wildman–Crippen LogP) is 11.0. The molecule has 5 heteroatoms. The molecule has 39 heavy (non-hydrogen) atoms. The third-order valence-electron chi connectivity index (χ3n) is 12.1. The topological polar surface area (TPSA) is 0 Å². The molecule has 0 aromatic heterocycles. The molecule has 6 rings (SSSR count). The van der Waals surface area contributed by atoms with E-state index in [0.717, 1.165) is 0 Å². The van der Waals surface area contributed by atoms with Crippen molar-refractivity contribution in [1.82, 2.24) is 0 Å². The molecule has 2 aliphatic heterocycles. The molecule has 0 spiro atoms. The van der Waals surface area contributed by atoms with E-state index in [-0.39, 0.29) is 5.59 Å². The van der Waals surface area contributed by atoms with Crippen LogP contribution in [0.4, 0.5) is 0 Å². The Hall–Kier alpha value is -0.326. The van der Waals surface area contributed by atoms with Gasteiger partial charge in [0.2, 0.25) is 0 Å². The van der Waals surface area contributed by atoms with Gasteiger partial charge in [0.05, 0.1) is 0 Å². The Morgan fingerprint density at radius 2 is 1.13 bits per heavy atom. The Morgan fingerprint density at radius 1 is 0.718 bits per heavy atom. The molecule has 2 aliphatic carbocycles. The molecule has 2 aromatic rings. The third-order valence-corrected chi connectivity index (χ3v) is 79.8. The Labute approximate surface area is 247 Å². The molecule has 2 unspecified atom stereocenters. The van der Waals surface area contributed by atoms with Gasteiger partial charge < -0.3 is 0 Å². The zero-order chi connectivity index (χ0) is 27.4. The van der Waals surface area contributed by atoms with Gasteiger partial charge in [0.25, 0.3) is 0 Å². The second-order valence-corrected chi connectivity index (χ2v) is 56.5. The van der Waals surface area contributed by atoms with Gasteiger partial charge >= 0.3 is 249 Å². The van der Waals surface area contributed by atoms with E-state index in [1.807, 2.05) is 0 Å². The molecule has 0 radical (unpaired) electrons. The molecule has 0 N–H and O–H groups in total. The second-order valence-electron chi connectivity index (χ2n) is 13.3. The predicted molar refractivity (Wildman–Crippen MR) is 177 cm³/mol. The first-order chi connectivity index (χ1) is 18.8. The van der Waals surface area contributed by atoms with Crippen molar-refractivity contribution in [2.24, 2.45) is 0 Å². The normalized spacial score (nSPS) is 27.9. The van der Waals surface area contributed by atoms with Crippen LogP contribution in [-0.4, -0.2) is 19.9 Å². The number of benzene rings is 2. The zero-order valence-corrected chi connectivity index (χ0v) is 31.4. The van der Waals surface area contributed by atoms with Crippen LogP contribution in [0.2, 0.25) is 36.3 Å². The fourth-order valence-corrected chi connectivity index (χ4v) is 96.5. The summed E-state index contributed by atoms with van der Waals surface area (Å²) in [6.07, 6.45) is 18.1. The fraction of sp³-hybridized carbons (Fsp3) is 0.500. The average molecular weight is 760 g/mol. The summed E-state index contributed by atoms with van der Waals surface area (Å²) in [5.41, 5.74) is 5.81. The number of hydrogen-bond acceptors (Lipinski definition) is 0. The van der Waals surface area contributed by atoms with Crippen LogP contribution in [0.25, 0.3) is 12.2 Å². The van der Waals surface area contributed by atoms with Gasteiger partial charge in [0, 0.05) is 0 Å². The van der Waals surface area contributed by atoms with E-state index >= 15 is 0 Å². The number of hydrogen-bond donors (Lipinski definition) is 0. The van der Waals surface area contributed by atoms with Crippen LogP contribution in [0.15, 0.2) is 60.7 Å². The van der Waals surface area contributed by atoms with E-state index in [4.69, 9.17) is 17.2 Å². The Kier molecular flexibility index (Phi) is 7.49. The minimum absolute atomic E-state index is 0.143. The molecule has 2 saturated heterocycles. The van der Waals surface area contributed by atoms with E-state index in [0.29, 0.717) is 0 Å². The van der Waals surface area contributed by atoms with Crippen molar-refractivity contribution in [1.29, 1.82) is 0 Å². The van der Waals surface area contributed by atoms with Crippen LogP contribution < -0.4 is 0 Å².